The Morgan fingerprint density at radius 1 is 1.71 bits per heavy atom. The van der Waals surface area contributed by atoms with E-state index in [4.69, 9.17) is 0 Å². The van der Waals surface area contributed by atoms with Crippen LogP contribution in [0.4, 0.5) is 9.28 Å². The number of hydrazine groups is 2. The SMILES string of the molecule is NNC(=O)NNF. The van der Waals surface area contributed by atoms with Crippen LogP contribution in [0.2, 0.25) is 0 Å². The fourth-order valence-corrected chi connectivity index (χ4v) is 0.0790. The zero-order valence-electron chi connectivity index (χ0n) is 3.36. The van der Waals surface area contributed by atoms with E-state index in [1.165, 1.54) is 5.43 Å². The van der Waals surface area contributed by atoms with Crippen molar-refractivity contribution in [3.8, 4) is 0 Å². The summed E-state index contributed by atoms with van der Waals surface area (Å²) in [5, 5.41) is 0. The predicted octanol–water partition coefficient (Wildman–Crippen LogP) is -1.45. The van der Waals surface area contributed by atoms with E-state index in [2.05, 4.69) is 5.84 Å². The number of carbonyl (C=O) groups is 1. The standard InChI is InChI=1S/CH5FN4O/c2-6-5-1(7)4-3/h6H,3H2,(H2,4,5,7). The molecule has 0 aromatic rings. The number of halogens is 1. The molecule has 7 heavy (non-hydrogen) atoms. The fraction of sp³-hybridized carbons (Fsp3) is 0. The highest BCUT2D eigenvalue weighted by Crippen LogP contribution is 1.49. The van der Waals surface area contributed by atoms with Gasteiger partial charge in [-0.05, 0) is 0 Å². The lowest BCUT2D eigenvalue weighted by Crippen LogP contribution is -2.43. The second kappa shape index (κ2) is 3.32. The lowest BCUT2D eigenvalue weighted by Gasteiger charge is -1.94. The smallest absolute Gasteiger partial charge is 0.275 e. The number of hydrogen-bond donors (Lipinski definition) is 4. The third-order valence-electron chi connectivity index (χ3n) is 0.292. The van der Waals surface area contributed by atoms with Gasteiger partial charge in [0.25, 0.3) is 0 Å². The third-order valence-corrected chi connectivity index (χ3v) is 0.292. The molecule has 5 N–H and O–H groups in total. The highest BCUT2D eigenvalue weighted by molar-refractivity contribution is 5.72. The number of nitrogens with one attached hydrogen (secondary N) is 3. The quantitative estimate of drug-likeness (QED) is 0.143. The van der Waals surface area contributed by atoms with E-state index in [0.29, 0.717) is 0 Å². The minimum absolute atomic E-state index is 0.831. The molecule has 42 valence electrons. The monoisotopic (exact) mass is 108 g/mol. The number of amides is 2. The van der Waals surface area contributed by atoms with Gasteiger partial charge >= 0.3 is 6.03 Å². The Labute approximate surface area is 38.9 Å². The maximum absolute atomic E-state index is 10.8. The van der Waals surface area contributed by atoms with E-state index >= 15 is 0 Å². The number of urea groups is 1. The van der Waals surface area contributed by atoms with Crippen molar-refractivity contribution >= 4 is 6.03 Å². The molecule has 0 aliphatic carbocycles. The molecule has 0 aliphatic heterocycles. The topological polar surface area (TPSA) is 79.2 Å². The first-order valence-electron chi connectivity index (χ1n) is 1.43. The van der Waals surface area contributed by atoms with Gasteiger partial charge < -0.3 is 0 Å². The van der Waals surface area contributed by atoms with Gasteiger partial charge in [-0.2, -0.15) is 0 Å². The maximum Gasteiger partial charge on any atom is 0.345 e. The van der Waals surface area contributed by atoms with E-state index < -0.39 is 6.03 Å². The largest absolute Gasteiger partial charge is 0.345 e. The zero-order chi connectivity index (χ0) is 5.70. The molecule has 0 fully saturated rings. The Morgan fingerprint density at radius 3 is 2.43 bits per heavy atom. The lowest BCUT2D eigenvalue weighted by atomic mass is 11.1. The normalized spacial score (nSPS) is 7.71. The van der Waals surface area contributed by atoms with Crippen molar-refractivity contribution in [2.24, 2.45) is 5.84 Å². The van der Waals surface area contributed by atoms with Gasteiger partial charge in [-0.15, -0.1) is 4.48 Å². The van der Waals surface area contributed by atoms with Crippen LogP contribution >= 0.6 is 0 Å². The Bertz CT molecular complexity index is 64.7. The molecule has 0 heterocycles. The Kier molecular flexibility index (Phi) is 2.90. The maximum atomic E-state index is 10.8. The molecule has 0 aromatic carbocycles. The van der Waals surface area contributed by atoms with Crippen LogP contribution in [0, 0.1) is 0 Å². The average molecular weight is 108 g/mol. The molecule has 0 radical (unpaired) electrons. The molecule has 0 bridgehead atoms. The van der Waals surface area contributed by atoms with Crippen LogP contribution < -0.4 is 22.3 Å². The lowest BCUT2D eigenvalue weighted by molar-refractivity contribution is 0.213. The number of rotatable bonds is 1. The highest BCUT2D eigenvalue weighted by atomic mass is 19.2. The summed E-state index contributed by atoms with van der Waals surface area (Å²) in [4.78, 5) is 9.76. The second-order valence-corrected chi connectivity index (χ2v) is 0.693. The number of hydrogen-bond acceptors (Lipinski definition) is 3. The highest BCUT2D eigenvalue weighted by Gasteiger charge is 1.88. The van der Waals surface area contributed by atoms with Gasteiger partial charge in [0.1, 0.15) is 0 Å². The Morgan fingerprint density at radius 2 is 2.29 bits per heavy atom. The molecule has 0 aliphatic rings. The summed E-state index contributed by atoms with van der Waals surface area (Å²) in [6, 6.07) is -0.831. The number of carbonyl (C=O) groups excluding carboxylic acids is 1. The summed E-state index contributed by atoms with van der Waals surface area (Å²) in [6.07, 6.45) is 0. The van der Waals surface area contributed by atoms with Crippen molar-refractivity contribution in [2.75, 3.05) is 0 Å². The van der Waals surface area contributed by atoms with Crippen LogP contribution in [0.1, 0.15) is 0 Å². The molecular weight excluding hydrogens is 103 g/mol. The molecule has 6 heteroatoms. The molecule has 0 spiro atoms. The Hall–Kier alpha value is -0.880. The molecule has 0 aromatic heterocycles. The van der Waals surface area contributed by atoms with Crippen LogP contribution in [0.25, 0.3) is 0 Å². The van der Waals surface area contributed by atoms with Gasteiger partial charge in [-0.1, -0.05) is 5.65 Å². The summed E-state index contributed by atoms with van der Waals surface area (Å²) in [7, 11) is 0. The van der Waals surface area contributed by atoms with Crippen molar-refractivity contribution in [2.45, 2.75) is 0 Å². The predicted molar refractivity (Wildman–Crippen MR) is 20.1 cm³/mol. The van der Waals surface area contributed by atoms with E-state index in [1.807, 2.05) is 0 Å². The molecule has 0 saturated heterocycles. The van der Waals surface area contributed by atoms with E-state index in [0.717, 1.165) is 5.65 Å². The van der Waals surface area contributed by atoms with Gasteiger partial charge in [0, 0.05) is 0 Å². The van der Waals surface area contributed by atoms with Crippen molar-refractivity contribution in [3.05, 3.63) is 0 Å². The first-order valence-corrected chi connectivity index (χ1v) is 1.43. The van der Waals surface area contributed by atoms with Gasteiger partial charge in [-0.3, -0.25) is 5.43 Å². The van der Waals surface area contributed by atoms with Crippen molar-refractivity contribution in [1.82, 2.24) is 16.5 Å². The van der Waals surface area contributed by atoms with Gasteiger partial charge in [0.2, 0.25) is 0 Å². The average Bonchev–Trinajstić information content (AvgIpc) is 1.68. The molecule has 0 unspecified atom stereocenters. The second-order valence-electron chi connectivity index (χ2n) is 0.693. The van der Waals surface area contributed by atoms with Gasteiger partial charge in [0.05, 0.1) is 0 Å². The fourth-order valence-electron chi connectivity index (χ4n) is 0.0790. The molecule has 0 atom stereocenters. The summed E-state index contributed by atoms with van der Waals surface area (Å²) in [6.45, 7) is 0. The first-order chi connectivity index (χ1) is 3.31. The molecular formula is CH5FN4O. The summed E-state index contributed by atoms with van der Waals surface area (Å²) in [5.41, 5.74) is 3.99. The molecule has 5 nitrogen and oxygen atoms in total. The van der Waals surface area contributed by atoms with Crippen LogP contribution in [-0.4, -0.2) is 6.03 Å². The van der Waals surface area contributed by atoms with E-state index in [-0.39, 0.29) is 0 Å². The van der Waals surface area contributed by atoms with Crippen LogP contribution in [-0.2, 0) is 0 Å². The number of nitrogens with two attached hydrogens (primary N) is 1. The zero-order valence-corrected chi connectivity index (χ0v) is 3.36. The molecule has 0 saturated carbocycles. The Balaban J connectivity index is 3.00. The van der Waals surface area contributed by atoms with Crippen LogP contribution in [0.3, 0.4) is 0 Å². The van der Waals surface area contributed by atoms with E-state index in [9.17, 15) is 9.28 Å². The first kappa shape index (κ1) is 6.12. The van der Waals surface area contributed by atoms with Crippen LogP contribution in [0.15, 0.2) is 0 Å². The van der Waals surface area contributed by atoms with Gasteiger partial charge in [-0.25, -0.2) is 16.1 Å². The summed E-state index contributed by atoms with van der Waals surface area (Å²) < 4.78 is 10.8. The van der Waals surface area contributed by atoms with Crippen molar-refractivity contribution in [1.29, 1.82) is 0 Å². The summed E-state index contributed by atoms with van der Waals surface area (Å²) in [5.74, 6) is 4.49. The minimum atomic E-state index is -0.831. The van der Waals surface area contributed by atoms with Gasteiger partial charge in [0.15, 0.2) is 0 Å². The molecule has 0 rings (SSSR count). The van der Waals surface area contributed by atoms with Crippen LogP contribution in [0.5, 0.6) is 0 Å². The minimum Gasteiger partial charge on any atom is -0.275 e. The van der Waals surface area contributed by atoms with Crippen molar-refractivity contribution < 1.29 is 9.28 Å². The summed E-state index contributed by atoms with van der Waals surface area (Å²) >= 11 is 0. The van der Waals surface area contributed by atoms with E-state index in [1.54, 1.807) is 5.43 Å². The van der Waals surface area contributed by atoms with Crippen molar-refractivity contribution in [3.63, 3.8) is 0 Å². The molecule has 2 amide bonds. The third kappa shape index (κ3) is 2.94.